The number of anilines is 2. The summed E-state index contributed by atoms with van der Waals surface area (Å²) in [7, 11) is 3.53. The highest BCUT2D eigenvalue weighted by atomic mass is 32.1. The van der Waals surface area contributed by atoms with Crippen molar-refractivity contribution < 1.29 is 9.59 Å². The highest BCUT2D eigenvalue weighted by molar-refractivity contribution is 7.22. The normalized spacial score (nSPS) is 12.1. The van der Waals surface area contributed by atoms with Crippen LogP contribution in [0.4, 0.5) is 10.8 Å². The molecule has 130 valence electrons. The second-order valence-electron chi connectivity index (χ2n) is 5.54. The van der Waals surface area contributed by atoms with Gasteiger partial charge < -0.3 is 16.0 Å². The molecule has 9 heteroatoms. The molecule has 1 aromatic carbocycles. The number of nitrogens with one attached hydrogen (secondary N) is 3. The molecular formula is C16H18N6O2S. The Kier molecular flexibility index (Phi) is 4.77. The van der Waals surface area contributed by atoms with Gasteiger partial charge in [0.05, 0.1) is 16.4 Å². The van der Waals surface area contributed by atoms with Crippen molar-refractivity contribution in [1.82, 2.24) is 20.1 Å². The van der Waals surface area contributed by atoms with Crippen LogP contribution in [0.1, 0.15) is 18.5 Å². The number of hydrogen-bond donors (Lipinski definition) is 3. The molecule has 1 atom stereocenters. The summed E-state index contributed by atoms with van der Waals surface area (Å²) in [6, 6.07) is 4.94. The number of amides is 2. The fourth-order valence-corrected chi connectivity index (χ4v) is 3.41. The highest BCUT2D eigenvalue weighted by Crippen LogP contribution is 2.28. The number of nitrogens with zero attached hydrogens (tertiary/aromatic N) is 3. The number of carbonyl (C=O) groups is 2. The predicted molar refractivity (Wildman–Crippen MR) is 97.6 cm³/mol. The molecule has 3 rings (SSSR count). The van der Waals surface area contributed by atoms with E-state index in [9.17, 15) is 9.59 Å². The van der Waals surface area contributed by atoms with Crippen LogP contribution in [-0.4, -0.2) is 33.6 Å². The van der Waals surface area contributed by atoms with Gasteiger partial charge >= 0.3 is 0 Å². The molecule has 25 heavy (non-hydrogen) atoms. The molecule has 0 saturated carbocycles. The van der Waals surface area contributed by atoms with Gasteiger partial charge in [0.15, 0.2) is 5.13 Å². The number of rotatable bonds is 5. The summed E-state index contributed by atoms with van der Waals surface area (Å²) in [6.45, 7) is 1.44. The first kappa shape index (κ1) is 17.1. The molecule has 0 spiro atoms. The largest absolute Gasteiger partial charge is 0.324 e. The smallest absolute Gasteiger partial charge is 0.246 e. The molecule has 0 fully saturated rings. The van der Waals surface area contributed by atoms with Crippen molar-refractivity contribution in [2.75, 3.05) is 17.7 Å². The van der Waals surface area contributed by atoms with E-state index < -0.39 is 6.04 Å². The van der Waals surface area contributed by atoms with E-state index in [4.69, 9.17) is 0 Å². The molecule has 0 aliphatic rings. The molecule has 0 radical (unpaired) electrons. The van der Waals surface area contributed by atoms with Crippen molar-refractivity contribution in [1.29, 1.82) is 0 Å². The van der Waals surface area contributed by atoms with E-state index in [0.717, 1.165) is 15.8 Å². The summed E-state index contributed by atoms with van der Waals surface area (Å²) in [4.78, 5) is 28.0. The second kappa shape index (κ2) is 6.99. The molecule has 0 aliphatic heterocycles. The summed E-state index contributed by atoms with van der Waals surface area (Å²) < 4.78 is 2.53. The first-order valence-corrected chi connectivity index (χ1v) is 8.43. The third kappa shape index (κ3) is 3.83. The second-order valence-corrected chi connectivity index (χ2v) is 6.57. The van der Waals surface area contributed by atoms with E-state index in [2.05, 4.69) is 26.0 Å². The SMILES string of the molecule is CNC(C(=O)Nc1ccc2nc(NC(C)=O)sc2c1)c1cnn(C)c1. The number of fused-ring (bicyclic) bond motifs is 1. The van der Waals surface area contributed by atoms with E-state index in [1.807, 2.05) is 12.1 Å². The van der Waals surface area contributed by atoms with Crippen LogP contribution in [0, 0.1) is 0 Å². The van der Waals surface area contributed by atoms with E-state index in [0.29, 0.717) is 10.8 Å². The standard InChI is InChI=1S/C16H18N6O2S/c1-9(23)19-16-21-12-5-4-11(6-13(12)25-16)20-15(24)14(17-2)10-7-18-22(3)8-10/h4-8,14,17H,1-3H3,(H,20,24)(H,19,21,23). The summed E-state index contributed by atoms with van der Waals surface area (Å²) in [6.07, 6.45) is 3.46. The van der Waals surface area contributed by atoms with Gasteiger partial charge in [-0.15, -0.1) is 0 Å². The molecule has 1 unspecified atom stereocenters. The Morgan fingerprint density at radius 1 is 1.28 bits per heavy atom. The molecule has 2 amide bonds. The van der Waals surface area contributed by atoms with Crippen LogP contribution in [0.15, 0.2) is 30.6 Å². The van der Waals surface area contributed by atoms with E-state index >= 15 is 0 Å². The first-order chi connectivity index (χ1) is 12.0. The lowest BCUT2D eigenvalue weighted by atomic mass is 10.1. The van der Waals surface area contributed by atoms with Crippen LogP contribution in [0.25, 0.3) is 10.2 Å². The van der Waals surface area contributed by atoms with Crippen LogP contribution in [0.5, 0.6) is 0 Å². The maximum atomic E-state index is 12.6. The zero-order chi connectivity index (χ0) is 18.0. The van der Waals surface area contributed by atoms with Crippen molar-refractivity contribution >= 4 is 44.2 Å². The van der Waals surface area contributed by atoms with E-state index in [1.165, 1.54) is 18.3 Å². The van der Waals surface area contributed by atoms with Gasteiger partial charge in [-0.3, -0.25) is 14.3 Å². The Hall–Kier alpha value is -2.78. The summed E-state index contributed by atoms with van der Waals surface area (Å²) in [5.74, 6) is -0.345. The van der Waals surface area contributed by atoms with Gasteiger partial charge in [0.2, 0.25) is 11.8 Å². The molecule has 8 nitrogen and oxygen atoms in total. The topological polar surface area (TPSA) is 101 Å². The summed E-state index contributed by atoms with van der Waals surface area (Å²) >= 11 is 1.36. The summed E-state index contributed by atoms with van der Waals surface area (Å²) in [5, 5.41) is 13.2. The quantitative estimate of drug-likeness (QED) is 0.647. The summed E-state index contributed by atoms with van der Waals surface area (Å²) in [5.41, 5.74) is 2.22. The minimum absolute atomic E-state index is 0.166. The van der Waals surface area contributed by atoms with E-state index in [1.54, 1.807) is 37.2 Å². The van der Waals surface area contributed by atoms with Crippen molar-refractivity contribution in [3.05, 3.63) is 36.2 Å². The Morgan fingerprint density at radius 3 is 2.72 bits per heavy atom. The van der Waals surface area contributed by atoms with Gasteiger partial charge in [0, 0.05) is 31.4 Å². The number of aromatic nitrogens is 3. The van der Waals surface area contributed by atoms with Gasteiger partial charge in [0.25, 0.3) is 0 Å². The van der Waals surface area contributed by atoms with Gasteiger partial charge in [-0.25, -0.2) is 4.98 Å². The molecule has 2 heterocycles. The number of carbonyl (C=O) groups excluding carboxylic acids is 2. The lowest BCUT2D eigenvalue weighted by Gasteiger charge is -2.14. The lowest BCUT2D eigenvalue weighted by Crippen LogP contribution is -2.30. The number of likely N-dealkylation sites (N-methyl/N-ethyl adjacent to an activating group) is 1. The Labute approximate surface area is 148 Å². The highest BCUT2D eigenvalue weighted by Gasteiger charge is 2.20. The maximum absolute atomic E-state index is 12.6. The number of hydrogen-bond acceptors (Lipinski definition) is 6. The zero-order valence-electron chi connectivity index (χ0n) is 14.0. The van der Waals surface area contributed by atoms with Gasteiger partial charge in [-0.05, 0) is 25.2 Å². The maximum Gasteiger partial charge on any atom is 0.246 e. The monoisotopic (exact) mass is 358 g/mol. The first-order valence-electron chi connectivity index (χ1n) is 7.61. The van der Waals surface area contributed by atoms with Crippen molar-refractivity contribution in [2.45, 2.75) is 13.0 Å². The minimum Gasteiger partial charge on any atom is -0.324 e. The average Bonchev–Trinajstić information content (AvgIpc) is 3.12. The Balaban J connectivity index is 1.79. The van der Waals surface area contributed by atoms with Crippen LogP contribution in [0.3, 0.4) is 0 Å². The third-order valence-electron chi connectivity index (χ3n) is 3.55. The number of aryl methyl sites for hydroxylation is 1. The van der Waals surface area contributed by atoms with Crippen LogP contribution < -0.4 is 16.0 Å². The van der Waals surface area contributed by atoms with Crippen molar-refractivity contribution in [3.63, 3.8) is 0 Å². The van der Waals surface area contributed by atoms with Crippen LogP contribution >= 0.6 is 11.3 Å². The average molecular weight is 358 g/mol. The van der Waals surface area contributed by atoms with Crippen molar-refractivity contribution in [2.24, 2.45) is 7.05 Å². The third-order valence-corrected chi connectivity index (χ3v) is 4.48. The number of thiazole rings is 1. The fourth-order valence-electron chi connectivity index (χ4n) is 2.46. The Morgan fingerprint density at radius 2 is 2.08 bits per heavy atom. The molecule has 3 N–H and O–H groups in total. The molecule has 3 aromatic rings. The minimum atomic E-state index is -0.499. The van der Waals surface area contributed by atoms with Crippen molar-refractivity contribution in [3.8, 4) is 0 Å². The molecule has 0 aliphatic carbocycles. The van der Waals surface area contributed by atoms with Gasteiger partial charge in [-0.1, -0.05) is 11.3 Å². The van der Waals surface area contributed by atoms with Crippen LogP contribution in [0.2, 0.25) is 0 Å². The predicted octanol–water partition coefficient (Wildman–Crippen LogP) is 1.89. The lowest BCUT2D eigenvalue weighted by molar-refractivity contribution is -0.118. The van der Waals surface area contributed by atoms with Gasteiger partial charge in [-0.2, -0.15) is 5.10 Å². The molecule has 0 saturated heterocycles. The van der Waals surface area contributed by atoms with Gasteiger partial charge in [0.1, 0.15) is 6.04 Å². The van der Waals surface area contributed by atoms with E-state index in [-0.39, 0.29) is 11.8 Å². The molecule has 0 bridgehead atoms. The van der Waals surface area contributed by atoms with Crippen LogP contribution in [-0.2, 0) is 16.6 Å². The fraction of sp³-hybridized carbons (Fsp3) is 0.250. The Bertz CT molecular complexity index is 932. The molecular weight excluding hydrogens is 340 g/mol. The zero-order valence-corrected chi connectivity index (χ0v) is 14.8. The molecule has 2 aromatic heterocycles. The number of benzene rings is 1.